The van der Waals surface area contributed by atoms with Gasteiger partial charge >= 0.3 is 11.9 Å². The van der Waals surface area contributed by atoms with Crippen LogP contribution in [0.25, 0.3) is 10.6 Å². The summed E-state index contributed by atoms with van der Waals surface area (Å²) in [6.45, 7) is 4.85. The van der Waals surface area contributed by atoms with Crippen LogP contribution in [-0.4, -0.2) is 42.6 Å². The average Bonchev–Trinajstić information content (AvgIpc) is 3.18. The maximum atomic E-state index is 9.10. The minimum absolute atomic E-state index is 0.167. The van der Waals surface area contributed by atoms with Crippen molar-refractivity contribution in [3.63, 3.8) is 0 Å². The quantitative estimate of drug-likeness (QED) is 0.541. The highest BCUT2D eigenvalue weighted by Crippen LogP contribution is 2.24. The lowest BCUT2D eigenvalue weighted by molar-refractivity contribution is -0.159. The fourth-order valence-electron chi connectivity index (χ4n) is 2.11. The number of hydrogen-bond acceptors (Lipinski definition) is 8. The van der Waals surface area contributed by atoms with E-state index in [0.717, 1.165) is 22.0 Å². The van der Waals surface area contributed by atoms with Crippen LogP contribution in [-0.2, 0) is 27.5 Å². The fourth-order valence-corrected chi connectivity index (χ4v) is 2.78. The van der Waals surface area contributed by atoms with Gasteiger partial charge in [-0.05, 0) is 61.8 Å². The first kappa shape index (κ1) is 22.9. The Balaban J connectivity index is 0.000000469. The van der Waals surface area contributed by atoms with Gasteiger partial charge in [-0.25, -0.2) is 14.6 Å². The van der Waals surface area contributed by atoms with Crippen LogP contribution in [0.1, 0.15) is 25.4 Å². The number of nitrogens with zero attached hydrogens (tertiary/aromatic N) is 3. The summed E-state index contributed by atoms with van der Waals surface area (Å²) in [5.74, 6) is -2.10. The molecule has 30 heavy (non-hydrogen) atoms. The number of carboxylic acids is 2. The van der Waals surface area contributed by atoms with Crippen molar-refractivity contribution < 1.29 is 29.3 Å². The second-order valence-corrected chi connectivity index (χ2v) is 6.88. The molecule has 1 aromatic carbocycles. The average molecular weight is 431 g/mol. The van der Waals surface area contributed by atoms with Crippen molar-refractivity contribution in [3.8, 4) is 16.3 Å². The van der Waals surface area contributed by atoms with Crippen LogP contribution in [0, 0.1) is 0 Å². The highest BCUT2D eigenvalue weighted by atomic mass is 32.1. The van der Waals surface area contributed by atoms with E-state index in [1.807, 2.05) is 56.3 Å². The zero-order valence-electron chi connectivity index (χ0n) is 16.4. The molecule has 3 rings (SSSR count). The Morgan fingerprint density at radius 3 is 2.30 bits per heavy atom. The van der Waals surface area contributed by atoms with E-state index in [0.29, 0.717) is 19.0 Å². The molecule has 0 saturated carbocycles. The summed E-state index contributed by atoms with van der Waals surface area (Å²) < 4.78 is 15.6. The topological polar surface area (TPSA) is 132 Å². The molecule has 0 aliphatic rings. The van der Waals surface area contributed by atoms with Gasteiger partial charge in [0.2, 0.25) is 0 Å². The minimum atomic E-state index is -1.82. The zero-order chi connectivity index (χ0) is 21.9. The molecule has 2 aromatic heterocycles. The number of hydrogen-bond donors (Lipinski definition) is 2. The Labute approximate surface area is 177 Å². The first-order chi connectivity index (χ1) is 14.3. The van der Waals surface area contributed by atoms with E-state index >= 15 is 0 Å². The predicted octanol–water partition coefficient (Wildman–Crippen LogP) is 3.26. The van der Waals surface area contributed by atoms with Gasteiger partial charge in [0, 0.05) is 11.8 Å². The molecule has 0 aliphatic heterocycles. The SMILES string of the molecule is CC(C)Oc1ccc(-c2nc(COCc3ccccn3)ns2)cc1.O=C(O)C(=O)O. The van der Waals surface area contributed by atoms with E-state index in [1.165, 1.54) is 11.5 Å². The molecule has 0 bridgehead atoms. The van der Waals surface area contributed by atoms with Crippen molar-refractivity contribution >= 4 is 23.5 Å². The summed E-state index contributed by atoms with van der Waals surface area (Å²) >= 11 is 1.37. The maximum absolute atomic E-state index is 9.10. The Hall–Kier alpha value is -3.37. The van der Waals surface area contributed by atoms with Crippen LogP contribution in [0.3, 0.4) is 0 Å². The molecule has 10 heteroatoms. The highest BCUT2D eigenvalue weighted by molar-refractivity contribution is 7.09. The number of carboxylic acid groups (broad SMARTS) is 2. The normalized spacial score (nSPS) is 10.2. The summed E-state index contributed by atoms with van der Waals surface area (Å²) in [6, 6.07) is 13.7. The molecule has 0 radical (unpaired) electrons. The zero-order valence-corrected chi connectivity index (χ0v) is 17.2. The van der Waals surface area contributed by atoms with E-state index < -0.39 is 11.9 Å². The molecule has 0 aliphatic carbocycles. The smallest absolute Gasteiger partial charge is 0.414 e. The second-order valence-electron chi connectivity index (χ2n) is 6.13. The number of aromatic nitrogens is 3. The van der Waals surface area contributed by atoms with E-state index in [1.54, 1.807) is 6.20 Å². The minimum Gasteiger partial charge on any atom is -0.491 e. The molecule has 158 valence electrons. The Kier molecular flexibility index (Phi) is 8.85. The third kappa shape index (κ3) is 7.94. The number of benzene rings is 1. The lowest BCUT2D eigenvalue weighted by atomic mass is 10.2. The highest BCUT2D eigenvalue weighted by Gasteiger charge is 2.08. The molecule has 9 nitrogen and oxygen atoms in total. The molecule has 0 atom stereocenters. The first-order valence-electron chi connectivity index (χ1n) is 8.88. The molecule has 3 aromatic rings. The number of aliphatic carboxylic acids is 2. The molecule has 0 saturated heterocycles. The van der Waals surface area contributed by atoms with Gasteiger partial charge in [0.05, 0.1) is 18.4 Å². The van der Waals surface area contributed by atoms with Crippen LogP contribution < -0.4 is 4.74 Å². The lowest BCUT2D eigenvalue weighted by Gasteiger charge is -2.09. The van der Waals surface area contributed by atoms with Gasteiger partial charge in [0.25, 0.3) is 0 Å². The summed E-state index contributed by atoms with van der Waals surface area (Å²) in [5, 5.41) is 15.7. The lowest BCUT2D eigenvalue weighted by Crippen LogP contribution is -2.09. The Morgan fingerprint density at radius 2 is 1.73 bits per heavy atom. The number of rotatable bonds is 7. The van der Waals surface area contributed by atoms with Crippen molar-refractivity contribution in [2.24, 2.45) is 0 Å². The molecule has 0 unspecified atom stereocenters. The first-order valence-corrected chi connectivity index (χ1v) is 9.66. The van der Waals surface area contributed by atoms with Crippen LogP contribution in [0.5, 0.6) is 5.75 Å². The van der Waals surface area contributed by atoms with E-state index in [-0.39, 0.29) is 6.10 Å². The molecule has 0 spiro atoms. The maximum Gasteiger partial charge on any atom is 0.414 e. The third-order valence-electron chi connectivity index (χ3n) is 3.33. The number of carbonyl (C=O) groups is 2. The molecular formula is C20H21N3O6S. The van der Waals surface area contributed by atoms with Gasteiger partial charge in [0.1, 0.15) is 17.4 Å². The van der Waals surface area contributed by atoms with E-state index in [4.69, 9.17) is 29.3 Å². The molecule has 2 heterocycles. The largest absolute Gasteiger partial charge is 0.491 e. The van der Waals surface area contributed by atoms with Crippen molar-refractivity contribution in [3.05, 3.63) is 60.2 Å². The van der Waals surface area contributed by atoms with Gasteiger partial charge in [0.15, 0.2) is 5.82 Å². The Morgan fingerprint density at radius 1 is 1.03 bits per heavy atom. The molecule has 2 N–H and O–H groups in total. The summed E-state index contributed by atoms with van der Waals surface area (Å²) in [6.07, 6.45) is 1.92. The van der Waals surface area contributed by atoms with E-state index in [9.17, 15) is 0 Å². The molecular weight excluding hydrogens is 410 g/mol. The van der Waals surface area contributed by atoms with Crippen LogP contribution >= 0.6 is 11.5 Å². The summed E-state index contributed by atoms with van der Waals surface area (Å²) in [7, 11) is 0. The van der Waals surface area contributed by atoms with Gasteiger partial charge in [-0.15, -0.1) is 0 Å². The van der Waals surface area contributed by atoms with Crippen molar-refractivity contribution in [1.82, 2.24) is 14.3 Å². The second kappa shape index (κ2) is 11.6. The van der Waals surface area contributed by atoms with Crippen LogP contribution in [0.2, 0.25) is 0 Å². The summed E-state index contributed by atoms with van der Waals surface area (Å²) in [4.78, 5) is 26.9. The van der Waals surface area contributed by atoms with Crippen molar-refractivity contribution in [2.75, 3.05) is 0 Å². The van der Waals surface area contributed by atoms with Gasteiger partial charge in [-0.3, -0.25) is 4.98 Å². The van der Waals surface area contributed by atoms with Crippen molar-refractivity contribution in [1.29, 1.82) is 0 Å². The van der Waals surface area contributed by atoms with Crippen molar-refractivity contribution in [2.45, 2.75) is 33.2 Å². The van der Waals surface area contributed by atoms with Crippen LogP contribution in [0.4, 0.5) is 0 Å². The van der Waals surface area contributed by atoms with Crippen LogP contribution in [0.15, 0.2) is 48.7 Å². The fraction of sp³-hybridized carbons (Fsp3) is 0.250. The van der Waals surface area contributed by atoms with E-state index in [2.05, 4.69) is 14.3 Å². The number of ether oxygens (including phenoxy) is 2. The number of pyridine rings is 1. The standard InChI is InChI=1S/C18H19N3O2S.C2H2O4/c1-13(2)23-16-8-6-14(7-9-16)18-20-17(21-24-18)12-22-11-15-5-3-4-10-19-15;3-1(4)2(5)6/h3-10,13H,11-12H2,1-2H3;(H,3,4)(H,5,6). The third-order valence-corrected chi connectivity index (χ3v) is 4.13. The monoisotopic (exact) mass is 431 g/mol. The van der Waals surface area contributed by atoms with Gasteiger partial charge in [-0.2, -0.15) is 4.37 Å². The van der Waals surface area contributed by atoms with Gasteiger partial charge in [-0.1, -0.05) is 6.07 Å². The van der Waals surface area contributed by atoms with Gasteiger partial charge < -0.3 is 19.7 Å². The summed E-state index contributed by atoms with van der Waals surface area (Å²) in [5.41, 5.74) is 1.92. The predicted molar refractivity (Wildman–Crippen MR) is 109 cm³/mol. The Bertz CT molecular complexity index is 933. The molecule has 0 amide bonds. The molecule has 0 fully saturated rings.